The van der Waals surface area contributed by atoms with Gasteiger partial charge in [0.2, 0.25) is 11.1 Å². The molecule has 1 atom stereocenters. The highest BCUT2D eigenvalue weighted by Gasteiger charge is 2.29. The molecule has 1 amide bonds. The molecule has 0 aromatic carbocycles. The normalized spacial score (nSPS) is 14.0. The lowest BCUT2D eigenvalue weighted by Crippen LogP contribution is -2.49. The number of amides is 1. The summed E-state index contributed by atoms with van der Waals surface area (Å²) in [7, 11) is 0. The first-order valence-electron chi connectivity index (χ1n) is 5.61. The first-order valence-corrected chi connectivity index (χ1v) is 6.60. The predicted molar refractivity (Wildman–Crippen MR) is 68.8 cm³/mol. The van der Waals surface area contributed by atoms with Crippen molar-refractivity contribution in [2.45, 2.75) is 38.4 Å². The minimum atomic E-state index is -0.841. The van der Waals surface area contributed by atoms with Gasteiger partial charge in [-0.05, 0) is 19.8 Å². The largest absolute Gasteiger partial charge is 0.337 e. The van der Waals surface area contributed by atoms with E-state index < -0.39 is 5.54 Å². The second kappa shape index (κ2) is 5.87. The molecular weight excluding hydrogens is 250 g/mol. The summed E-state index contributed by atoms with van der Waals surface area (Å²) in [6, 6.07) is 2.13. The number of nitrogens with one attached hydrogen (secondary N) is 2. The van der Waals surface area contributed by atoms with E-state index in [9.17, 15) is 4.79 Å². The number of nitrogens with zero attached hydrogens (tertiary/aromatic N) is 3. The van der Waals surface area contributed by atoms with Crippen molar-refractivity contribution in [1.29, 1.82) is 5.26 Å². The maximum atomic E-state index is 11.8. The summed E-state index contributed by atoms with van der Waals surface area (Å²) in [5, 5.41) is 19.0. The third-order valence-electron chi connectivity index (χ3n) is 2.70. The summed E-state index contributed by atoms with van der Waals surface area (Å²) in [6.07, 6.45) is 0. The Morgan fingerprint density at radius 3 is 2.78 bits per heavy atom. The van der Waals surface area contributed by atoms with Crippen LogP contribution in [0.2, 0.25) is 0 Å². The lowest BCUT2D eigenvalue weighted by molar-refractivity contribution is -0.120. The average Bonchev–Trinajstić information content (AvgIpc) is 2.72. The minimum Gasteiger partial charge on any atom is -0.337 e. The topological polar surface area (TPSA) is 94.5 Å². The van der Waals surface area contributed by atoms with Crippen LogP contribution in [0.25, 0.3) is 0 Å². The van der Waals surface area contributed by atoms with Crippen molar-refractivity contribution in [3.05, 3.63) is 5.82 Å². The fraction of sp³-hybridized carbons (Fsp3) is 0.636. The number of carbonyl (C=O) groups is 1. The fourth-order valence-electron chi connectivity index (χ4n) is 1.14. The standard InChI is InChI=1S/C11H17N5OS/c1-7(2)11(4,6-12)14-9(17)5-18-10-13-8(3)15-16-10/h7H,5H2,1-4H3,(H,14,17)(H,13,15,16). The van der Waals surface area contributed by atoms with Crippen molar-refractivity contribution >= 4 is 17.7 Å². The van der Waals surface area contributed by atoms with Gasteiger partial charge in [-0.25, -0.2) is 4.98 Å². The molecule has 1 heterocycles. The second-order valence-corrected chi connectivity index (χ2v) is 5.45. The van der Waals surface area contributed by atoms with E-state index in [-0.39, 0.29) is 17.6 Å². The molecule has 0 fully saturated rings. The molecule has 0 radical (unpaired) electrons. The lowest BCUT2D eigenvalue weighted by atomic mass is 9.90. The van der Waals surface area contributed by atoms with E-state index in [1.807, 2.05) is 13.8 Å². The molecule has 0 aliphatic rings. The number of rotatable bonds is 5. The molecule has 0 aliphatic heterocycles. The Kier molecular flexibility index (Phi) is 4.73. The van der Waals surface area contributed by atoms with Gasteiger partial charge in [0.15, 0.2) is 0 Å². The Balaban J connectivity index is 2.50. The van der Waals surface area contributed by atoms with Crippen LogP contribution in [0.15, 0.2) is 5.16 Å². The van der Waals surface area contributed by atoms with Crippen LogP contribution in [0.3, 0.4) is 0 Å². The molecule has 6 nitrogen and oxygen atoms in total. The van der Waals surface area contributed by atoms with E-state index >= 15 is 0 Å². The zero-order chi connectivity index (χ0) is 13.8. The Morgan fingerprint density at radius 1 is 1.67 bits per heavy atom. The molecule has 1 aromatic rings. The summed E-state index contributed by atoms with van der Waals surface area (Å²) in [5.74, 6) is 0.755. The zero-order valence-electron chi connectivity index (χ0n) is 10.9. The monoisotopic (exact) mass is 267 g/mol. The van der Waals surface area contributed by atoms with Gasteiger partial charge in [-0.2, -0.15) is 5.26 Å². The van der Waals surface area contributed by atoms with Crippen LogP contribution in [0, 0.1) is 24.2 Å². The number of aromatic amines is 1. The van der Waals surface area contributed by atoms with Crippen molar-refractivity contribution < 1.29 is 4.79 Å². The molecule has 0 aliphatic carbocycles. The van der Waals surface area contributed by atoms with Gasteiger partial charge in [-0.3, -0.25) is 9.89 Å². The zero-order valence-corrected chi connectivity index (χ0v) is 11.8. The van der Waals surface area contributed by atoms with Crippen LogP contribution in [0.4, 0.5) is 0 Å². The van der Waals surface area contributed by atoms with Crippen LogP contribution in [-0.2, 0) is 4.79 Å². The molecule has 7 heteroatoms. The maximum absolute atomic E-state index is 11.8. The Morgan fingerprint density at radius 2 is 2.33 bits per heavy atom. The number of thioether (sulfide) groups is 1. The van der Waals surface area contributed by atoms with E-state index in [4.69, 9.17) is 5.26 Å². The van der Waals surface area contributed by atoms with Gasteiger partial charge in [0, 0.05) is 0 Å². The third kappa shape index (κ3) is 3.74. The maximum Gasteiger partial charge on any atom is 0.231 e. The smallest absolute Gasteiger partial charge is 0.231 e. The molecule has 0 saturated carbocycles. The van der Waals surface area contributed by atoms with Crippen LogP contribution < -0.4 is 5.32 Å². The van der Waals surface area contributed by atoms with Crippen molar-refractivity contribution in [3.63, 3.8) is 0 Å². The van der Waals surface area contributed by atoms with E-state index in [0.717, 1.165) is 0 Å². The molecule has 0 spiro atoms. The molecule has 1 unspecified atom stereocenters. The summed E-state index contributed by atoms with van der Waals surface area (Å²) < 4.78 is 0. The van der Waals surface area contributed by atoms with Crippen molar-refractivity contribution in [1.82, 2.24) is 20.5 Å². The molecule has 0 saturated heterocycles. The highest BCUT2D eigenvalue weighted by molar-refractivity contribution is 7.99. The average molecular weight is 267 g/mol. The van der Waals surface area contributed by atoms with Gasteiger partial charge in [-0.1, -0.05) is 25.6 Å². The Labute approximate surface area is 111 Å². The Bertz CT molecular complexity index is 464. The number of hydrogen-bond acceptors (Lipinski definition) is 5. The quantitative estimate of drug-likeness (QED) is 0.783. The van der Waals surface area contributed by atoms with Crippen LogP contribution in [0.1, 0.15) is 26.6 Å². The SMILES string of the molecule is Cc1nc(SCC(=O)NC(C)(C#N)C(C)C)n[nH]1. The van der Waals surface area contributed by atoms with E-state index in [1.165, 1.54) is 11.8 Å². The van der Waals surface area contributed by atoms with E-state index in [0.29, 0.717) is 11.0 Å². The highest BCUT2D eigenvalue weighted by atomic mass is 32.2. The molecule has 98 valence electrons. The molecule has 1 rings (SSSR count). The van der Waals surface area contributed by atoms with Gasteiger partial charge in [0.05, 0.1) is 11.8 Å². The minimum absolute atomic E-state index is 0.0437. The number of aromatic nitrogens is 3. The summed E-state index contributed by atoms with van der Waals surface area (Å²) in [5.41, 5.74) is -0.841. The van der Waals surface area contributed by atoms with Crippen molar-refractivity contribution in [2.24, 2.45) is 5.92 Å². The fourth-order valence-corrected chi connectivity index (χ4v) is 1.79. The number of aryl methyl sites for hydroxylation is 1. The first kappa shape index (κ1) is 14.5. The summed E-state index contributed by atoms with van der Waals surface area (Å²) in [4.78, 5) is 15.8. The van der Waals surface area contributed by atoms with Gasteiger partial charge >= 0.3 is 0 Å². The van der Waals surface area contributed by atoms with Gasteiger partial charge < -0.3 is 5.32 Å². The predicted octanol–water partition coefficient (Wildman–Crippen LogP) is 1.26. The molecule has 18 heavy (non-hydrogen) atoms. The first-order chi connectivity index (χ1) is 8.37. The van der Waals surface area contributed by atoms with Gasteiger partial charge in [0.1, 0.15) is 11.4 Å². The van der Waals surface area contributed by atoms with Crippen LogP contribution in [0.5, 0.6) is 0 Å². The third-order valence-corrected chi connectivity index (χ3v) is 3.54. The van der Waals surface area contributed by atoms with Crippen LogP contribution in [-0.4, -0.2) is 32.4 Å². The molecule has 0 bridgehead atoms. The second-order valence-electron chi connectivity index (χ2n) is 4.51. The number of nitriles is 1. The summed E-state index contributed by atoms with van der Waals surface area (Å²) in [6.45, 7) is 7.31. The van der Waals surface area contributed by atoms with Crippen molar-refractivity contribution in [3.8, 4) is 6.07 Å². The lowest BCUT2D eigenvalue weighted by Gasteiger charge is -2.27. The van der Waals surface area contributed by atoms with Gasteiger partial charge in [0.25, 0.3) is 0 Å². The number of carbonyl (C=O) groups excluding carboxylic acids is 1. The number of H-pyrrole nitrogens is 1. The Hall–Kier alpha value is -1.55. The van der Waals surface area contributed by atoms with Crippen LogP contribution >= 0.6 is 11.8 Å². The summed E-state index contributed by atoms with van der Waals surface area (Å²) >= 11 is 1.24. The molecule has 1 aromatic heterocycles. The van der Waals surface area contributed by atoms with Crippen molar-refractivity contribution in [2.75, 3.05) is 5.75 Å². The molecular formula is C11H17N5OS. The van der Waals surface area contributed by atoms with E-state index in [2.05, 4.69) is 26.6 Å². The van der Waals surface area contributed by atoms with E-state index in [1.54, 1.807) is 13.8 Å². The molecule has 2 N–H and O–H groups in total. The van der Waals surface area contributed by atoms with Gasteiger partial charge in [-0.15, -0.1) is 5.10 Å². The highest BCUT2D eigenvalue weighted by Crippen LogP contribution is 2.16. The number of hydrogen-bond donors (Lipinski definition) is 2.